The zero-order chi connectivity index (χ0) is 46.2. The lowest BCUT2D eigenvalue weighted by Crippen LogP contribution is -2.41. The molecule has 6 rings (SSSR count). The first-order valence-electron chi connectivity index (χ1n) is 21.6. The van der Waals surface area contributed by atoms with Gasteiger partial charge >= 0.3 is 0 Å². The lowest BCUT2D eigenvalue weighted by Gasteiger charge is -2.27. The summed E-state index contributed by atoms with van der Waals surface area (Å²) in [5.41, 5.74) is 6.32. The van der Waals surface area contributed by atoms with Crippen LogP contribution in [-0.2, 0) is 22.4 Å². The first-order valence-corrected chi connectivity index (χ1v) is 22.5. The van der Waals surface area contributed by atoms with Crippen LogP contribution in [0, 0.1) is 27.7 Å². The van der Waals surface area contributed by atoms with Gasteiger partial charge in [0, 0.05) is 24.6 Å². The number of phenolic OH excluding ortho intramolecular Hbond substituents is 2. The summed E-state index contributed by atoms with van der Waals surface area (Å²) in [6.45, 7) is 26.8. The standard InChI is InChI=1S/C20H23NO4.C17H20O3.C6H7NS.4C2H6/c1-14-11-16(13-19(23)21-7-9-24-10-8-21)12-15(2)20(14)25-18-5-3-17(22)4-6-18;1-12-10-14(4-3-9-18)11-13(2)17(12)20-16-7-5-15(19)6-8-16;7-8-6-4-2-1-3-5-6;4*1-2/h3-6,11-12,22H,7-10,13H2,1-2H3;5-8,10-11,18-19H,3-4,9H2,1-2H3;1-5H,7H2;4*1-2H3. The van der Waals surface area contributed by atoms with E-state index in [0.717, 1.165) is 57.1 Å². The topological polar surface area (TPSA) is 135 Å². The molecule has 336 valence electrons. The van der Waals surface area contributed by atoms with Crippen LogP contribution in [0.15, 0.2) is 108 Å². The van der Waals surface area contributed by atoms with Gasteiger partial charge in [-0.25, -0.2) is 0 Å². The predicted molar refractivity (Wildman–Crippen MR) is 257 cm³/mol. The molecule has 0 spiro atoms. The van der Waals surface area contributed by atoms with E-state index in [1.807, 2.05) is 130 Å². The van der Waals surface area contributed by atoms with E-state index >= 15 is 0 Å². The van der Waals surface area contributed by atoms with Crippen molar-refractivity contribution in [3.8, 4) is 34.5 Å². The molecule has 0 unspecified atom stereocenters. The van der Waals surface area contributed by atoms with Gasteiger partial charge in [0.1, 0.15) is 34.5 Å². The maximum atomic E-state index is 12.4. The average molecular weight is 859 g/mol. The molecule has 10 heteroatoms. The third-order valence-electron chi connectivity index (χ3n) is 8.38. The fourth-order valence-corrected chi connectivity index (χ4v) is 6.11. The number of carbonyl (C=O) groups is 1. The Balaban J connectivity index is 0.000000889. The van der Waals surface area contributed by atoms with Crippen molar-refractivity contribution in [1.29, 1.82) is 0 Å². The quantitative estimate of drug-likeness (QED) is 0.101. The number of aliphatic hydroxyl groups is 1. The summed E-state index contributed by atoms with van der Waals surface area (Å²) in [6.07, 6.45) is 2.04. The molecule has 1 amide bonds. The number of carbonyl (C=O) groups excluding carboxylic acids is 1. The highest BCUT2D eigenvalue weighted by Gasteiger charge is 2.18. The van der Waals surface area contributed by atoms with Crippen LogP contribution >= 0.6 is 11.9 Å². The molecule has 0 radical (unpaired) electrons. The van der Waals surface area contributed by atoms with E-state index in [4.69, 9.17) is 24.5 Å². The molecule has 61 heavy (non-hydrogen) atoms. The Bertz CT molecular complexity index is 1830. The summed E-state index contributed by atoms with van der Waals surface area (Å²) in [5, 5.41) is 32.8. The van der Waals surface area contributed by atoms with E-state index in [1.54, 1.807) is 48.5 Å². The van der Waals surface area contributed by atoms with Crippen LogP contribution in [0.5, 0.6) is 34.5 Å². The molecular weight excluding hydrogens is 785 g/mol. The Labute approximate surface area is 372 Å². The van der Waals surface area contributed by atoms with Gasteiger partial charge in [0.15, 0.2) is 0 Å². The van der Waals surface area contributed by atoms with E-state index in [1.165, 1.54) is 17.5 Å². The van der Waals surface area contributed by atoms with Crippen LogP contribution in [0.2, 0.25) is 0 Å². The van der Waals surface area contributed by atoms with Crippen LogP contribution in [0.25, 0.3) is 0 Å². The molecule has 1 heterocycles. The largest absolute Gasteiger partial charge is 0.508 e. The second-order valence-corrected chi connectivity index (χ2v) is 13.4. The number of hydrogen-bond acceptors (Lipinski definition) is 9. The number of phenols is 2. The van der Waals surface area contributed by atoms with Crippen molar-refractivity contribution in [3.05, 3.63) is 137 Å². The second kappa shape index (κ2) is 33.7. The zero-order valence-electron chi connectivity index (χ0n) is 38.9. The molecule has 9 nitrogen and oxygen atoms in total. The molecule has 1 aliphatic rings. The van der Waals surface area contributed by atoms with E-state index in [-0.39, 0.29) is 24.0 Å². The molecule has 5 aromatic carbocycles. The molecule has 1 aliphatic heterocycles. The van der Waals surface area contributed by atoms with Crippen molar-refractivity contribution in [2.75, 3.05) is 32.9 Å². The summed E-state index contributed by atoms with van der Waals surface area (Å²) in [4.78, 5) is 15.4. The number of hydrogen-bond donors (Lipinski definition) is 4. The van der Waals surface area contributed by atoms with Crippen molar-refractivity contribution in [2.24, 2.45) is 5.14 Å². The van der Waals surface area contributed by atoms with Crippen molar-refractivity contribution in [1.82, 2.24) is 4.90 Å². The van der Waals surface area contributed by atoms with E-state index in [0.29, 0.717) is 44.2 Å². The van der Waals surface area contributed by atoms with E-state index in [2.05, 4.69) is 12.1 Å². The van der Waals surface area contributed by atoms with Crippen LogP contribution in [0.3, 0.4) is 0 Å². The monoisotopic (exact) mass is 859 g/mol. The fourth-order valence-electron chi connectivity index (χ4n) is 5.79. The van der Waals surface area contributed by atoms with Crippen LogP contribution < -0.4 is 14.6 Å². The predicted octanol–water partition coefficient (Wildman–Crippen LogP) is 12.7. The first-order chi connectivity index (χ1) is 29.6. The highest BCUT2D eigenvalue weighted by molar-refractivity contribution is 7.97. The molecule has 0 atom stereocenters. The van der Waals surface area contributed by atoms with Crippen LogP contribution in [0.1, 0.15) is 95.2 Å². The third kappa shape index (κ3) is 21.4. The summed E-state index contributed by atoms with van der Waals surface area (Å²) in [7, 11) is 0. The van der Waals surface area contributed by atoms with Gasteiger partial charge < -0.3 is 34.4 Å². The molecule has 1 fully saturated rings. The minimum Gasteiger partial charge on any atom is -0.508 e. The van der Waals surface area contributed by atoms with Gasteiger partial charge in [-0.1, -0.05) is 97.9 Å². The highest BCUT2D eigenvalue weighted by atomic mass is 32.2. The Morgan fingerprint density at radius 2 is 1.03 bits per heavy atom. The van der Waals surface area contributed by atoms with Gasteiger partial charge in [0.05, 0.1) is 19.6 Å². The zero-order valence-corrected chi connectivity index (χ0v) is 39.7. The van der Waals surface area contributed by atoms with Gasteiger partial charge in [0.2, 0.25) is 5.91 Å². The summed E-state index contributed by atoms with van der Waals surface area (Å²) >= 11 is 1.27. The van der Waals surface area contributed by atoms with Crippen LogP contribution in [-0.4, -0.2) is 59.0 Å². The normalized spacial score (nSPS) is 11.0. The molecule has 5 aromatic rings. The smallest absolute Gasteiger partial charge is 0.227 e. The highest BCUT2D eigenvalue weighted by Crippen LogP contribution is 2.32. The third-order valence-corrected chi connectivity index (χ3v) is 8.92. The van der Waals surface area contributed by atoms with Gasteiger partial charge in [-0.15, -0.1) is 0 Å². The number of nitrogens with zero attached hydrogens (tertiary/aromatic N) is 1. The molecule has 0 aliphatic carbocycles. The van der Waals surface area contributed by atoms with Crippen LogP contribution in [0.4, 0.5) is 0 Å². The van der Waals surface area contributed by atoms with E-state index in [9.17, 15) is 15.0 Å². The fraction of sp³-hybridized carbons (Fsp3) is 0.392. The number of amides is 1. The number of nitrogens with two attached hydrogens (primary N) is 1. The SMILES string of the molecule is CC.CC.CC.CC.Cc1cc(CC(=O)N2CCOCC2)cc(C)c1Oc1ccc(O)cc1.Cc1cc(CCCO)cc(C)c1Oc1ccc(O)cc1.NSc1ccccc1. The maximum Gasteiger partial charge on any atom is 0.227 e. The summed E-state index contributed by atoms with van der Waals surface area (Å²) < 4.78 is 17.1. The summed E-state index contributed by atoms with van der Waals surface area (Å²) in [6, 6.07) is 31.4. The second-order valence-electron chi connectivity index (χ2n) is 12.7. The number of benzene rings is 5. The number of morpholine rings is 1. The van der Waals surface area contributed by atoms with Crippen molar-refractivity contribution in [3.63, 3.8) is 0 Å². The van der Waals surface area contributed by atoms with Gasteiger partial charge in [0.25, 0.3) is 0 Å². The van der Waals surface area contributed by atoms with Gasteiger partial charge in [-0.05, 0) is 147 Å². The Morgan fingerprint density at radius 1 is 0.639 bits per heavy atom. The summed E-state index contributed by atoms with van der Waals surface area (Å²) in [5.74, 6) is 3.58. The van der Waals surface area contributed by atoms with Crippen molar-refractivity contribution < 1.29 is 34.3 Å². The Hall–Kier alpha value is -5.00. The molecule has 0 aromatic heterocycles. The molecule has 0 saturated carbocycles. The van der Waals surface area contributed by atoms with Gasteiger partial charge in [-0.3, -0.25) is 9.93 Å². The number of rotatable bonds is 10. The van der Waals surface area contributed by atoms with Crippen molar-refractivity contribution >= 4 is 17.9 Å². The molecule has 5 N–H and O–H groups in total. The maximum absolute atomic E-state index is 12.4. The number of aromatic hydroxyl groups is 2. The Kier molecular flexibility index (Phi) is 30.9. The number of aryl methyl sites for hydroxylation is 5. The minimum atomic E-state index is 0.134. The number of aliphatic hydroxyl groups excluding tert-OH is 1. The molecule has 1 saturated heterocycles. The molecular formula is C51H74N2O7S. The van der Waals surface area contributed by atoms with Crippen molar-refractivity contribution in [2.45, 2.75) is 107 Å². The molecule has 0 bridgehead atoms. The van der Waals surface area contributed by atoms with E-state index < -0.39 is 0 Å². The lowest BCUT2D eigenvalue weighted by atomic mass is 10.0. The number of ether oxygens (including phenoxy) is 3. The lowest BCUT2D eigenvalue weighted by molar-refractivity contribution is -0.134. The Morgan fingerprint density at radius 3 is 1.39 bits per heavy atom. The first kappa shape index (κ1) is 56.0. The minimum absolute atomic E-state index is 0.134. The van der Waals surface area contributed by atoms with Gasteiger partial charge in [-0.2, -0.15) is 0 Å². The average Bonchev–Trinajstić information content (AvgIpc) is 3.30.